The zero-order valence-electron chi connectivity index (χ0n) is 7.98. The first-order valence-corrected chi connectivity index (χ1v) is 4.39. The molecule has 1 aromatic heterocycles. The number of carboxylic acids is 1. The molecule has 2 aromatic rings. The van der Waals surface area contributed by atoms with Crippen molar-refractivity contribution >= 4 is 5.97 Å². The lowest BCUT2D eigenvalue weighted by atomic mass is 10.3. The number of aromatic amines is 1. The summed E-state index contributed by atoms with van der Waals surface area (Å²) >= 11 is 0. The molecule has 5 nitrogen and oxygen atoms in total. The van der Waals surface area contributed by atoms with Gasteiger partial charge in [0.1, 0.15) is 11.4 Å². The summed E-state index contributed by atoms with van der Waals surface area (Å²) in [7, 11) is 0. The van der Waals surface area contributed by atoms with Gasteiger partial charge < -0.3 is 5.11 Å². The van der Waals surface area contributed by atoms with Gasteiger partial charge in [-0.15, -0.1) is 0 Å². The summed E-state index contributed by atoms with van der Waals surface area (Å²) in [6, 6.07) is 5.72. The van der Waals surface area contributed by atoms with Gasteiger partial charge in [0, 0.05) is 6.20 Å². The number of hydrogen-bond donors (Lipinski definition) is 2. The number of para-hydroxylation sites is 1. The van der Waals surface area contributed by atoms with Crippen molar-refractivity contribution in [3.8, 4) is 5.69 Å². The summed E-state index contributed by atoms with van der Waals surface area (Å²) in [4.78, 5) is 21.8. The fourth-order valence-electron chi connectivity index (χ4n) is 1.32. The second kappa shape index (κ2) is 3.65. The van der Waals surface area contributed by atoms with E-state index in [1.165, 1.54) is 18.2 Å². The Morgan fingerprint density at radius 2 is 2.06 bits per heavy atom. The number of H-pyrrole nitrogens is 1. The predicted molar refractivity (Wildman–Crippen MR) is 53.3 cm³/mol. The quantitative estimate of drug-likeness (QED) is 0.796. The lowest BCUT2D eigenvalue weighted by molar-refractivity contribution is 0.0695. The smallest absolute Gasteiger partial charge is 0.342 e. The monoisotopic (exact) mass is 222 g/mol. The maximum atomic E-state index is 13.3. The van der Waals surface area contributed by atoms with E-state index in [1.54, 1.807) is 6.07 Å². The zero-order chi connectivity index (χ0) is 11.7. The molecule has 2 rings (SSSR count). The minimum Gasteiger partial charge on any atom is -0.477 e. The van der Waals surface area contributed by atoms with Crippen LogP contribution in [0.1, 0.15) is 10.4 Å². The molecule has 0 spiro atoms. The largest absolute Gasteiger partial charge is 0.477 e. The molecule has 0 amide bonds. The third kappa shape index (κ3) is 1.60. The van der Waals surface area contributed by atoms with Gasteiger partial charge in [0.25, 0.3) is 5.56 Å². The molecule has 0 aliphatic carbocycles. The molecule has 0 aliphatic heterocycles. The number of carbonyl (C=O) groups is 1. The van der Waals surface area contributed by atoms with Crippen molar-refractivity contribution in [2.45, 2.75) is 0 Å². The molecule has 2 N–H and O–H groups in total. The van der Waals surface area contributed by atoms with E-state index >= 15 is 0 Å². The van der Waals surface area contributed by atoms with Gasteiger partial charge in [0.05, 0.1) is 5.69 Å². The molecule has 0 unspecified atom stereocenters. The molecule has 0 radical (unpaired) electrons. The Bertz CT molecular complexity index is 600. The maximum absolute atomic E-state index is 13.3. The van der Waals surface area contributed by atoms with Crippen LogP contribution in [0.25, 0.3) is 5.69 Å². The maximum Gasteiger partial charge on any atom is 0.342 e. The fraction of sp³-hybridized carbons (Fsp3) is 0. The van der Waals surface area contributed by atoms with Gasteiger partial charge in [-0.25, -0.2) is 9.18 Å². The SMILES string of the molecule is O=C(O)c1cn(-c2ccccc2F)[nH]c1=O. The molecule has 0 aliphatic rings. The van der Waals surface area contributed by atoms with Crippen LogP contribution in [0, 0.1) is 5.82 Å². The number of aromatic nitrogens is 2. The van der Waals surface area contributed by atoms with Crippen molar-refractivity contribution in [3.05, 3.63) is 52.2 Å². The van der Waals surface area contributed by atoms with E-state index in [2.05, 4.69) is 5.10 Å². The number of hydrogen-bond acceptors (Lipinski definition) is 2. The van der Waals surface area contributed by atoms with Crippen LogP contribution in [0.5, 0.6) is 0 Å². The van der Waals surface area contributed by atoms with Crippen LogP contribution >= 0.6 is 0 Å². The first-order chi connectivity index (χ1) is 7.59. The average molecular weight is 222 g/mol. The molecular weight excluding hydrogens is 215 g/mol. The van der Waals surface area contributed by atoms with Crippen molar-refractivity contribution in [2.24, 2.45) is 0 Å². The zero-order valence-corrected chi connectivity index (χ0v) is 7.98. The molecule has 16 heavy (non-hydrogen) atoms. The van der Waals surface area contributed by atoms with Crippen LogP contribution in [-0.4, -0.2) is 20.9 Å². The van der Waals surface area contributed by atoms with Gasteiger partial charge in [-0.05, 0) is 12.1 Å². The second-order valence-electron chi connectivity index (χ2n) is 3.11. The Balaban J connectivity index is 2.59. The van der Waals surface area contributed by atoms with E-state index in [0.29, 0.717) is 0 Å². The molecule has 0 atom stereocenters. The van der Waals surface area contributed by atoms with E-state index < -0.39 is 22.9 Å². The number of aromatic carboxylic acids is 1. The van der Waals surface area contributed by atoms with Crippen molar-refractivity contribution in [1.82, 2.24) is 9.78 Å². The summed E-state index contributed by atoms with van der Waals surface area (Å²) < 4.78 is 14.4. The highest BCUT2D eigenvalue weighted by Crippen LogP contribution is 2.10. The van der Waals surface area contributed by atoms with E-state index in [9.17, 15) is 14.0 Å². The third-order valence-electron chi connectivity index (χ3n) is 2.07. The Kier molecular flexibility index (Phi) is 2.32. The molecule has 0 bridgehead atoms. The lowest BCUT2D eigenvalue weighted by Crippen LogP contribution is -2.11. The molecule has 0 saturated heterocycles. The van der Waals surface area contributed by atoms with E-state index in [1.807, 2.05) is 0 Å². The third-order valence-corrected chi connectivity index (χ3v) is 2.07. The first-order valence-electron chi connectivity index (χ1n) is 4.39. The topological polar surface area (TPSA) is 75.1 Å². The fourth-order valence-corrected chi connectivity index (χ4v) is 1.32. The number of halogens is 1. The van der Waals surface area contributed by atoms with Gasteiger partial charge in [-0.3, -0.25) is 14.6 Å². The van der Waals surface area contributed by atoms with Gasteiger partial charge in [0.2, 0.25) is 0 Å². The van der Waals surface area contributed by atoms with Crippen LogP contribution in [0.4, 0.5) is 4.39 Å². The Hall–Kier alpha value is -2.37. The van der Waals surface area contributed by atoms with Gasteiger partial charge in [-0.1, -0.05) is 12.1 Å². The van der Waals surface area contributed by atoms with E-state index in [4.69, 9.17) is 5.11 Å². The Labute approximate surface area is 88.7 Å². The van der Waals surface area contributed by atoms with Gasteiger partial charge in [-0.2, -0.15) is 0 Å². The normalized spacial score (nSPS) is 10.3. The van der Waals surface area contributed by atoms with Crippen LogP contribution in [0.2, 0.25) is 0 Å². The average Bonchev–Trinajstić information content (AvgIpc) is 2.61. The standard InChI is InChI=1S/C10H7FN2O3/c11-7-3-1-2-4-8(7)13-5-6(10(15)16)9(14)12-13/h1-5H,(H,12,14)(H,15,16). The molecule has 0 fully saturated rings. The number of benzene rings is 1. The van der Waals surface area contributed by atoms with Crippen molar-refractivity contribution in [2.75, 3.05) is 0 Å². The molecule has 1 heterocycles. The summed E-state index contributed by atoms with van der Waals surface area (Å²) in [5.74, 6) is -1.90. The summed E-state index contributed by atoms with van der Waals surface area (Å²) in [6.07, 6.45) is 1.04. The van der Waals surface area contributed by atoms with Crippen molar-refractivity contribution in [3.63, 3.8) is 0 Å². The molecule has 1 aromatic carbocycles. The lowest BCUT2D eigenvalue weighted by Gasteiger charge is -2.02. The molecular formula is C10H7FN2O3. The number of carboxylic acid groups (broad SMARTS) is 1. The van der Waals surface area contributed by atoms with Crippen LogP contribution in [0.15, 0.2) is 35.3 Å². The second-order valence-corrected chi connectivity index (χ2v) is 3.11. The summed E-state index contributed by atoms with van der Waals surface area (Å²) in [6.45, 7) is 0. The highest BCUT2D eigenvalue weighted by molar-refractivity contribution is 5.86. The Morgan fingerprint density at radius 1 is 1.38 bits per heavy atom. The van der Waals surface area contributed by atoms with Crippen LogP contribution < -0.4 is 5.56 Å². The number of rotatable bonds is 2. The number of nitrogens with zero attached hydrogens (tertiary/aromatic N) is 1. The summed E-state index contributed by atoms with van der Waals surface area (Å²) in [5, 5.41) is 10.9. The summed E-state index contributed by atoms with van der Waals surface area (Å²) in [5.41, 5.74) is -1.11. The highest BCUT2D eigenvalue weighted by Gasteiger charge is 2.13. The van der Waals surface area contributed by atoms with Gasteiger partial charge in [0.15, 0.2) is 0 Å². The minimum absolute atomic E-state index is 0.0899. The Morgan fingerprint density at radius 3 is 2.62 bits per heavy atom. The van der Waals surface area contributed by atoms with Crippen LogP contribution in [-0.2, 0) is 0 Å². The first kappa shape index (κ1) is 10.2. The molecule has 6 heteroatoms. The highest BCUT2D eigenvalue weighted by atomic mass is 19.1. The van der Waals surface area contributed by atoms with Crippen molar-refractivity contribution < 1.29 is 14.3 Å². The number of nitrogens with one attached hydrogen (secondary N) is 1. The predicted octanol–water partition coefficient (Wildman–Crippen LogP) is 1.00. The van der Waals surface area contributed by atoms with E-state index in [-0.39, 0.29) is 5.69 Å². The molecule has 0 saturated carbocycles. The van der Waals surface area contributed by atoms with Crippen LogP contribution in [0.3, 0.4) is 0 Å². The van der Waals surface area contributed by atoms with Crippen molar-refractivity contribution in [1.29, 1.82) is 0 Å². The van der Waals surface area contributed by atoms with Gasteiger partial charge >= 0.3 is 5.97 Å². The minimum atomic E-state index is -1.35. The molecule has 82 valence electrons. The van der Waals surface area contributed by atoms with E-state index in [0.717, 1.165) is 10.9 Å².